The first-order valence-corrected chi connectivity index (χ1v) is 7.36. The van der Waals surface area contributed by atoms with Gasteiger partial charge >= 0.3 is 5.97 Å². The molecule has 0 spiro atoms. The van der Waals surface area contributed by atoms with Gasteiger partial charge in [-0.05, 0) is 18.1 Å². The highest BCUT2D eigenvalue weighted by atomic mass is 35.5. The lowest BCUT2D eigenvalue weighted by Crippen LogP contribution is -2.48. The van der Waals surface area contributed by atoms with Gasteiger partial charge in [0.15, 0.2) is 0 Å². The molecule has 4 nitrogen and oxygen atoms in total. The Kier molecular flexibility index (Phi) is 5.32. The third kappa shape index (κ3) is 3.28. The molecule has 1 heterocycles. The number of carbonyl (C=O) groups is 1. The van der Waals surface area contributed by atoms with Crippen molar-refractivity contribution in [2.45, 2.75) is 23.8 Å². The lowest BCUT2D eigenvalue weighted by molar-refractivity contribution is -0.148. The summed E-state index contributed by atoms with van der Waals surface area (Å²) < 4.78 is 4.90. The molecule has 0 aliphatic carbocycles. The van der Waals surface area contributed by atoms with Gasteiger partial charge in [-0.25, -0.2) is 4.79 Å². The van der Waals surface area contributed by atoms with Crippen molar-refractivity contribution in [1.29, 1.82) is 0 Å². The van der Waals surface area contributed by atoms with Gasteiger partial charge < -0.3 is 9.84 Å². The standard InChI is InChI=1S/C14H18ClNO3S/c1-19-14(18)13(9-4-2-3-5-10(9)15)16-7-6-12(20)11(17)8-16/h2-5,11-13,17,20H,6-8H2,1H3. The number of aliphatic hydroxyl groups is 1. The molecule has 1 N–H and O–H groups in total. The summed E-state index contributed by atoms with van der Waals surface area (Å²) in [5.41, 5.74) is 0.700. The number of carbonyl (C=O) groups excluding carboxylic acids is 1. The van der Waals surface area contributed by atoms with E-state index in [9.17, 15) is 9.90 Å². The molecule has 1 aromatic rings. The number of aliphatic hydroxyl groups excluding tert-OH is 1. The topological polar surface area (TPSA) is 49.8 Å². The maximum Gasteiger partial charge on any atom is 0.327 e. The second kappa shape index (κ2) is 6.80. The molecular weight excluding hydrogens is 298 g/mol. The van der Waals surface area contributed by atoms with E-state index in [4.69, 9.17) is 16.3 Å². The summed E-state index contributed by atoms with van der Waals surface area (Å²) in [4.78, 5) is 14.0. The highest BCUT2D eigenvalue weighted by Gasteiger charge is 2.35. The number of piperidine rings is 1. The molecule has 110 valence electrons. The van der Waals surface area contributed by atoms with Crippen LogP contribution < -0.4 is 0 Å². The van der Waals surface area contributed by atoms with Crippen molar-refractivity contribution in [2.75, 3.05) is 20.2 Å². The number of likely N-dealkylation sites (tertiary alicyclic amines) is 1. The lowest BCUT2D eigenvalue weighted by Gasteiger charge is -2.38. The molecule has 1 aliphatic rings. The summed E-state index contributed by atoms with van der Waals surface area (Å²) in [5, 5.41) is 10.4. The van der Waals surface area contributed by atoms with Gasteiger partial charge in [0, 0.05) is 23.4 Å². The molecule has 1 saturated heterocycles. The number of methoxy groups -OCH3 is 1. The minimum absolute atomic E-state index is 0.0595. The zero-order valence-corrected chi connectivity index (χ0v) is 12.8. The summed E-state index contributed by atoms with van der Waals surface area (Å²) in [6.07, 6.45) is 0.143. The molecule has 0 radical (unpaired) electrons. The van der Waals surface area contributed by atoms with Crippen LogP contribution in [0.3, 0.4) is 0 Å². The number of thiol groups is 1. The Bertz CT molecular complexity index is 485. The summed E-state index contributed by atoms with van der Waals surface area (Å²) in [6.45, 7) is 1.04. The molecule has 0 amide bonds. The van der Waals surface area contributed by atoms with Gasteiger partial charge in [0.05, 0.1) is 13.2 Å². The van der Waals surface area contributed by atoms with E-state index in [2.05, 4.69) is 12.6 Å². The summed E-state index contributed by atoms with van der Waals surface area (Å²) in [5.74, 6) is -0.372. The van der Waals surface area contributed by atoms with Crippen LogP contribution in [0.2, 0.25) is 5.02 Å². The number of hydrogen-bond acceptors (Lipinski definition) is 5. The molecule has 1 aliphatic heterocycles. The highest BCUT2D eigenvalue weighted by Crippen LogP contribution is 2.31. The second-order valence-corrected chi connectivity index (χ2v) is 5.94. The highest BCUT2D eigenvalue weighted by molar-refractivity contribution is 7.81. The van der Waals surface area contributed by atoms with Crippen LogP contribution in [0.4, 0.5) is 0 Å². The van der Waals surface area contributed by atoms with Crippen molar-refractivity contribution in [3.05, 3.63) is 34.9 Å². The molecule has 1 fully saturated rings. The van der Waals surface area contributed by atoms with Crippen molar-refractivity contribution in [3.8, 4) is 0 Å². The van der Waals surface area contributed by atoms with Crippen LogP contribution in [0, 0.1) is 0 Å². The average molecular weight is 316 g/mol. The van der Waals surface area contributed by atoms with Crippen LogP contribution in [0.25, 0.3) is 0 Å². The molecule has 3 unspecified atom stereocenters. The van der Waals surface area contributed by atoms with Gasteiger partial charge in [0.1, 0.15) is 6.04 Å². The maximum atomic E-state index is 12.1. The Labute approximate surface area is 129 Å². The van der Waals surface area contributed by atoms with Crippen molar-refractivity contribution < 1.29 is 14.6 Å². The normalized spacial score (nSPS) is 25.2. The van der Waals surface area contributed by atoms with E-state index in [1.54, 1.807) is 6.07 Å². The van der Waals surface area contributed by atoms with Crippen LogP contribution in [-0.2, 0) is 9.53 Å². The summed E-state index contributed by atoms with van der Waals surface area (Å²) in [7, 11) is 1.36. The molecular formula is C14H18ClNO3S. The van der Waals surface area contributed by atoms with Crippen LogP contribution in [0.15, 0.2) is 24.3 Å². The summed E-state index contributed by atoms with van der Waals surface area (Å²) >= 11 is 10.5. The summed E-state index contributed by atoms with van der Waals surface area (Å²) in [6, 6.07) is 6.61. The van der Waals surface area contributed by atoms with Crippen LogP contribution >= 0.6 is 24.2 Å². The van der Waals surface area contributed by atoms with E-state index < -0.39 is 12.1 Å². The van der Waals surface area contributed by atoms with Gasteiger partial charge in [0.25, 0.3) is 0 Å². The molecule has 1 aromatic carbocycles. The first-order valence-electron chi connectivity index (χ1n) is 6.47. The van der Waals surface area contributed by atoms with Gasteiger partial charge in [-0.15, -0.1) is 0 Å². The lowest BCUT2D eigenvalue weighted by atomic mass is 10.00. The second-order valence-electron chi connectivity index (χ2n) is 4.87. The molecule has 2 rings (SSSR count). The minimum Gasteiger partial charge on any atom is -0.468 e. The van der Waals surface area contributed by atoms with E-state index in [0.717, 1.165) is 0 Å². The fourth-order valence-corrected chi connectivity index (χ4v) is 2.91. The Morgan fingerprint density at radius 3 is 2.85 bits per heavy atom. The molecule has 20 heavy (non-hydrogen) atoms. The van der Waals surface area contributed by atoms with Crippen molar-refractivity contribution >= 4 is 30.2 Å². The quantitative estimate of drug-likeness (QED) is 0.661. The predicted molar refractivity (Wildman–Crippen MR) is 81.2 cm³/mol. The SMILES string of the molecule is COC(=O)C(c1ccccc1Cl)N1CCC(S)C(O)C1. The first kappa shape index (κ1) is 15.6. The molecule has 3 atom stereocenters. The van der Waals surface area contributed by atoms with Crippen LogP contribution in [-0.4, -0.2) is 47.5 Å². The molecule has 0 bridgehead atoms. The number of esters is 1. The van der Waals surface area contributed by atoms with Crippen molar-refractivity contribution in [2.24, 2.45) is 0 Å². The number of hydrogen-bond donors (Lipinski definition) is 2. The van der Waals surface area contributed by atoms with E-state index in [1.165, 1.54) is 7.11 Å². The van der Waals surface area contributed by atoms with Crippen molar-refractivity contribution in [1.82, 2.24) is 4.90 Å². The predicted octanol–water partition coefficient (Wildman–Crippen LogP) is 1.92. The first-order chi connectivity index (χ1) is 9.54. The molecule has 0 aromatic heterocycles. The Morgan fingerprint density at radius 1 is 1.55 bits per heavy atom. The third-order valence-electron chi connectivity index (χ3n) is 3.57. The Hall–Kier alpha value is -0.750. The zero-order valence-electron chi connectivity index (χ0n) is 11.2. The van der Waals surface area contributed by atoms with Crippen LogP contribution in [0.5, 0.6) is 0 Å². The van der Waals surface area contributed by atoms with Crippen LogP contribution in [0.1, 0.15) is 18.0 Å². The number of rotatable bonds is 3. The van der Waals surface area contributed by atoms with E-state index in [0.29, 0.717) is 30.1 Å². The number of halogens is 1. The Morgan fingerprint density at radius 2 is 2.25 bits per heavy atom. The van der Waals surface area contributed by atoms with E-state index in [-0.39, 0.29) is 11.2 Å². The van der Waals surface area contributed by atoms with Crippen molar-refractivity contribution in [3.63, 3.8) is 0 Å². The number of benzene rings is 1. The number of nitrogens with zero attached hydrogens (tertiary/aromatic N) is 1. The van der Waals surface area contributed by atoms with E-state index >= 15 is 0 Å². The average Bonchev–Trinajstić information content (AvgIpc) is 2.44. The van der Waals surface area contributed by atoms with Gasteiger partial charge in [-0.1, -0.05) is 29.8 Å². The molecule has 0 saturated carbocycles. The fourth-order valence-electron chi connectivity index (χ4n) is 2.46. The minimum atomic E-state index is -0.593. The number of β-amino-alcohol motifs (C(OH)–C–C–N with tert-alkyl or cyclic N) is 1. The van der Waals surface area contributed by atoms with E-state index in [1.807, 2.05) is 23.1 Å². The third-order valence-corrected chi connectivity index (χ3v) is 4.51. The maximum absolute atomic E-state index is 12.1. The number of ether oxygens (including phenoxy) is 1. The zero-order chi connectivity index (χ0) is 14.7. The monoisotopic (exact) mass is 315 g/mol. The van der Waals surface area contributed by atoms with Gasteiger partial charge in [-0.3, -0.25) is 4.90 Å². The molecule has 6 heteroatoms. The van der Waals surface area contributed by atoms with Gasteiger partial charge in [-0.2, -0.15) is 12.6 Å². The largest absolute Gasteiger partial charge is 0.468 e. The Balaban J connectivity index is 2.29. The van der Waals surface area contributed by atoms with Gasteiger partial charge in [0.2, 0.25) is 0 Å². The smallest absolute Gasteiger partial charge is 0.327 e. The fraction of sp³-hybridized carbons (Fsp3) is 0.500.